The number of carbonyl (C=O) groups excluding carboxylic acids is 1. The molecule has 0 aliphatic heterocycles. The van der Waals surface area contributed by atoms with Crippen molar-refractivity contribution < 1.29 is 9.53 Å². The van der Waals surface area contributed by atoms with Gasteiger partial charge in [-0.3, -0.25) is 4.79 Å². The van der Waals surface area contributed by atoms with Gasteiger partial charge < -0.3 is 10.1 Å². The highest BCUT2D eigenvalue weighted by molar-refractivity contribution is 5.78. The maximum Gasteiger partial charge on any atom is 0.313 e. The minimum atomic E-state index is -0.293. The number of methoxy groups -OCH3 is 1. The Labute approximate surface area is 109 Å². The van der Waals surface area contributed by atoms with E-state index in [9.17, 15) is 4.79 Å². The summed E-state index contributed by atoms with van der Waals surface area (Å²) in [6, 6.07) is 8.38. The molecular formula is C15H21NO2. The van der Waals surface area contributed by atoms with Crippen LogP contribution < -0.4 is 5.32 Å². The Morgan fingerprint density at radius 1 is 1.33 bits per heavy atom. The molecule has 0 radical (unpaired) electrons. The fourth-order valence-corrected chi connectivity index (χ4v) is 2.40. The summed E-state index contributed by atoms with van der Waals surface area (Å²) in [6.07, 6.45) is 4.03. The molecule has 0 atom stereocenters. The standard InChI is InChI=1S/C15H21NO2/c1-3-12-5-7-13(8-6-12)16-11-15(9-4-10-15)14(17)18-2/h5-8,16H,3-4,9-11H2,1-2H3. The van der Waals surface area contributed by atoms with E-state index in [0.29, 0.717) is 6.54 Å². The zero-order valence-corrected chi connectivity index (χ0v) is 11.2. The number of ether oxygens (including phenoxy) is 1. The van der Waals surface area contributed by atoms with Crippen molar-refractivity contribution >= 4 is 11.7 Å². The number of nitrogens with one attached hydrogen (secondary N) is 1. The first-order valence-electron chi connectivity index (χ1n) is 6.61. The van der Waals surface area contributed by atoms with Crippen LogP contribution in [0.25, 0.3) is 0 Å². The molecule has 1 saturated carbocycles. The molecule has 1 fully saturated rings. The lowest BCUT2D eigenvalue weighted by atomic mass is 9.68. The van der Waals surface area contributed by atoms with Crippen molar-refractivity contribution in [2.24, 2.45) is 5.41 Å². The van der Waals surface area contributed by atoms with Crippen molar-refractivity contribution in [1.29, 1.82) is 0 Å². The molecule has 0 bridgehead atoms. The first kappa shape index (κ1) is 12.9. The van der Waals surface area contributed by atoms with Crippen LogP contribution in [0.3, 0.4) is 0 Å². The topological polar surface area (TPSA) is 38.3 Å². The number of hydrogen-bond acceptors (Lipinski definition) is 3. The van der Waals surface area contributed by atoms with E-state index < -0.39 is 0 Å². The zero-order valence-electron chi connectivity index (χ0n) is 11.2. The summed E-state index contributed by atoms with van der Waals surface area (Å²) in [5.74, 6) is -0.0774. The zero-order chi connectivity index (χ0) is 13.0. The summed E-state index contributed by atoms with van der Waals surface area (Å²) in [5.41, 5.74) is 2.10. The molecule has 0 spiro atoms. The van der Waals surface area contributed by atoms with Crippen molar-refractivity contribution in [2.75, 3.05) is 19.0 Å². The van der Waals surface area contributed by atoms with Crippen molar-refractivity contribution in [3.63, 3.8) is 0 Å². The first-order valence-corrected chi connectivity index (χ1v) is 6.61. The van der Waals surface area contributed by atoms with Crippen molar-refractivity contribution in [3.05, 3.63) is 29.8 Å². The molecule has 1 aromatic carbocycles. The minimum absolute atomic E-state index is 0.0774. The van der Waals surface area contributed by atoms with Gasteiger partial charge in [0.1, 0.15) is 0 Å². The van der Waals surface area contributed by atoms with Crippen LogP contribution in [0.2, 0.25) is 0 Å². The molecule has 98 valence electrons. The lowest BCUT2D eigenvalue weighted by molar-refractivity contribution is -0.157. The van der Waals surface area contributed by atoms with Crippen LogP contribution in [0.15, 0.2) is 24.3 Å². The van der Waals surface area contributed by atoms with Gasteiger partial charge in [0.25, 0.3) is 0 Å². The maximum atomic E-state index is 11.8. The molecule has 0 unspecified atom stereocenters. The largest absolute Gasteiger partial charge is 0.469 e. The molecule has 0 amide bonds. The first-order chi connectivity index (χ1) is 8.70. The predicted octanol–water partition coefficient (Wildman–Crippen LogP) is 3.00. The molecule has 0 aromatic heterocycles. The number of esters is 1. The van der Waals surface area contributed by atoms with Gasteiger partial charge in [0.05, 0.1) is 12.5 Å². The van der Waals surface area contributed by atoms with Crippen molar-refractivity contribution in [3.8, 4) is 0 Å². The average molecular weight is 247 g/mol. The van der Waals surface area contributed by atoms with E-state index in [4.69, 9.17) is 4.74 Å². The van der Waals surface area contributed by atoms with E-state index in [2.05, 4.69) is 36.5 Å². The van der Waals surface area contributed by atoms with Gasteiger partial charge in [-0.2, -0.15) is 0 Å². The third kappa shape index (κ3) is 2.50. The molecular weight excluding hydrogens is 226 g/mol. The number of benzene rings is 1. The highest BCUT2D eigenvalue weighted by Crippen LogP contribution is 2.42. The van der Waals surface area contributed by atoms with Gasteiger partial charge in [-0.25, -0.2) is 0 Å². The SMILES string of the molecule is CCc1ccc(NCC2(C(=O)OC)CCC2)cc1. The molecule has 1 N–H and O–H groups in total. The van der Waals surface area contributed by atoms with Gasteiger partial charge >= 0.3 is 5.97 Å². The third-order valence-electron chi connectivity index (χ3n) is 3.92. The van der Waals surface area contributed by atoms with Gasteiger partial charge in [0, 0.05) is 12.2 Å². The van der Waals surface area contributed by atoms with Gasteiger partial charge in [-0.05, 0) is 37.0 Å². The summed E-state index contributed by atoms with van der Waals surface area (Å²) in [5, 5.41) is 3.35. The molecule has 18 heavy (non-hydrogen) atoms. The Bertz CT molecular complexity index is 407. The lowest BCUT2D eigenvalue weighted by Crippen LogP contribution is -2.44. The molecule has 3 nitrogen and oxygen atoms in total. The van der Waals surface area contributed by atoms with E-state index in [1.54, 1.807) is 0 Å². The third-order valence-corrected chi connectivity index (χ3v) is 3.92. The summed E-state index contributed by atoms with van der Waals surface area (Å²) < 4.78 is 4.90. The molecule has 3 heteroatoms. The Kier molecular flexibility index (Phi) is 3.90. The Hall–Kier alpha value is -1.51. The second-order valence-corrected chi connectivity index (χ2v) is 5.03. The number of rotatable bonds is 5. The Morgan fingerprint density at radius 2 is 2.00 bits per heavy atom. The Morgan fingerprint density at radius 3 is 2.44 bits per heavy atom. The smallest absolute Gasteiger partial charge is 0.313 e. The quantitative estimate of drug-likeness (QED) is 0.813. The number of hydrogen-bond donors (Lipinski definition) is 1. The second kappa shape index (κ2) is 5.42. The molecule has 1 aliphatic rings. The number of carbonyl (C=O) groups is 1. The van der Waals surface area contributed by atoms with Crippen molar-refractivity contribution in [2.45, 2.75) is 32.6 Å². The fraction of sp³-hybridized carbons (Fsp3) is 0.533. The highest BCUT2D eigenvalue weighted by atomic mass is 16.5. The monoisotopic (exact) mass is 247 g/mol. The summed E-state index contributed by atoms with van der Waals surface area (Å²) in [6.45, 7) is 2.81. The second-order valence-electron chi connectivity index (χ2n) is 5.03. The number of aryl methyl sites for hydroxylation is 1. The van der Waals surface area contributed by atoms with Crippen molar-refractivity contribution in [1.82, 2.24) is 0 Å². The molecule has 1 aliphatic carbocycles. The van der Waals surface area contributed by atoms with Crippen LogP contribution in [0.5, 0.6) is 0 Å². The fourth-order valence-electron chi connectivity index (χ4n) is 2.40. The molecule has 2 rings (SSSR count). The van der Waals surface area contributed by atoms with Crippen LogP contribution >= 0.6 is 0 Å². The average Bonchev–Trinajstić information content (AvgIpc) is 2.37. The van der Waals surface area contributed by atoms with E-state index in [1.165, 1.54) is 12.7 Å². The number of anilines is 1. The highest BCUT2D eigenvalue weighted by Gasteiger charge is 2.45. The van der Waals surface area contributed by atoms with Gasteiger partial charge in [-0.1, -0.05) is 25.5 Å². The van der Waals surface area contributed by atoms with Crippen LogP contribution in [0.4, 0.5) is 5.69 Å². The van der Waals surface area contributed by atoms with Crippen LogP contribution in [0.1, 0.15) is 31.7 Å². The van der Waals surface area contributed by atoms with Gasteiger partial charge in [0.2, 0.25) is 0 Å². The van der Waals surface area contributed by atoms with Gasteiger partial charge in [0.15, 0.2) is 0 Å². The summed E-state index contributed by atoms with van der Waals surface area (Å²) >= 11 is 0. The van der Waals surface area contributed by atoms with Crippen LogP contribution in [-0.2, 0) is 16.0 Å². The normalized spacial score (nSPS) is 16.8. The predicted molar refractivity (Wildman–Crippen MR) is 72.6 cm³/mol. The lowest BCUT2D eigenvalue weighted by Gasteiger charge is -2.39. The van der Waals surface area contributed by atoms with E-state index in [1.807, 2.05) is 0 Å². The Balaban J connectivity index is 1.95. The van der Waals surface area contributed by atoms with E-state index >= 15 is 0 Å². The summed E-state index contributed by atoms with van der Waals surface area (Å²) in [7, 11) is 1.47. The molecule has 0 heterocycles. The minimum Gasteiger partial charge on any atom is -0.469 e. The van der Waals surface area contributed by atoms with E-state index in [0.717, 1.165) is 31.4 Å². The van der Waals surface area contributed by atoms with E-state index in [-0.39, 0.29) is 11.4 Å². The molecule has 1 aromatic rings. The molecule has 0 saturated heterocycles. The maximum absolute atomic E-state index is 11.8. The summed E-state index contributed by atoms with van der Waals surface area (Å²) in [4.78, 5) is 11.8. The van der Waals surface area contributed by atoms with Crippen LogP contribution in [0, 0.1) is 5.41 Å². The van der Waals surface area contributed by atoms with Crippen LogP contribution in [-0.4, -0.2) is 19.6 Å². The van der Waals surface area contributed by atoms with Gasteiger partial charge in [-0.15, -0.1) is 0 Å².